The number of nitrogens with zero attached hydrogens (tertiary/aromatic N) is 3. The first-order chi connectivity index (χ1) is 12.0. The van der Waals surface area contributed by atoms with Crippen LogP contribution in [0.15, 0.2) is 29.4 Å². The van der Waals surface area contributed by atoms with E-state index in [-0.39, 0.29) is 17.6 Å². The fraction of sp³-hybridized carbons (Fsp3) is 0.375. The number of aromatic amines is 1. The van der Waals surface area contributed by atoms with E-state index in [2.05, 4.69) is 20.5 Å². The van der Waals surface area contributed by atoms with Crippen molar-refractivity contribution >= 4 is 40.4 Å². The lowest BCUT2D eigenvalue weighted by molar-refractivity contribution is -0.141. The Bertz CT molecular complexity index is 917. The van der Waals surface area contributed by atoms with Crippen molar-refractivity contribution in [2.75, 3.05) is 5.75 Å². The number of thioether (sulfide) groups is 1. The Morgan fingerprint density at radius 3 is 2.84 bits per heavy atom. The second kappa shape index (κ2) is 7.14. The molecule has 2 heterocycles. The molecular weight excluding hydrogens is 342 g/mol. The monoisotopic (exact) mass is 361 g/mol. The van der Waals surface area contributed by atoms with Crippen LogP contribution >= 0.6 is 11.8 Å². The predicted molar refractivity (Wildman–Crippen MR) is 94.6 cm³/mol. The molecule has 0 aliphatic rings. The Kier molecular flexibility index (Phi) is 4.93. The minimum absolute atomic E-state index is 0.0777. The highest BCUT2D eigenvalue weighted by molar-refractivity contribution is 7.99. The van der Waals surface area contributed by atoms with E-state index in [0.29, 0.717) is 17.4 Å². The largest absolute Gasteiger partial charge is 0.480 e. The molecule has 0 bridgehead atoms. The van der Waals surface area contributed by atoms with Crippen molar-refractivity contribution < 1.29 is 14.7 Å². The van der Waals surface area contributed by atoms with E-state index < -0.39 is 12.0 Å². The van der Waals surface area contributed by atoms with E-state index in [1.807, 2.05) is 42.5 Å². The lowest BCUT2D eigenvalue weighted by Crippen LogP contribution is -2.42. The Morgan fingerprint density at radius 1 is 1.36 bits per heavy atom. The zero-order valence-electron chi connectivity index (χ0n) is 13.9. The van der Waals surface area contributed by atoms with Gasteiger partial charge in [-0.2, -0.15) is 0 Å². The van der Waals surface area contributed by atoms with Crippen LogP contribution in [0.3, 0.4) is 0 Å². The molecule has 132 valence electrons. The van der Waals surface area contributed by atoms with Crippen LogP contribution in [-0.2, 0) is 9.59 Å². The first-order valence-electron chi connectivity index (χ1n) is 7.92. The maximum absolute atomic E-state index is 12.1. The van der Waals surface area contributed by atoms with Gasteiger partial charge in [-0.1, -0.05) is 37.7 Å². The molecule has 1 aromatic carbocycles. The van der Waals surface area contributed by atoms with Crippen molar-refractivity contribution in [2.45, 2.75) is 31.5 Å². The fourth-order valence-electron chi connectivity index (χ4n) is 2.60. The molecule has 1 amide bonds. The van der Waals surface area contributed by atoms with Crippen LogP contribution in [0.5, 0.6) is 0 Å². The summed E-state index contributed by atoms with van der Waals surface area (Å²) in [6, 6.07) is 6.78. The number of hydrogen-bond donors (Lipinski definition) is 3. The first kappa shape index (κ1) is 17.3. The van der Waals surface area contributed by atoms with Crippen molar-refractivity contribution in [3.63, 3.8) is 0 Å². The molecule has 0 saturated carbocycles. The highest BCUT2D eigenvalue weighted by Crippen LogP contribution is 2.22. The number of fused-ring (bicyclic) bond motifs is 3. The number of amides is 1. The van der Waals surface area contributed by atoms with Gasteiger partial charge < -0.3 is 10.4 Å². The molecule has 3 rings (SSSR count). The summed E-state index contributed by atoms with van der Waals surface area (Å²) in [5.41, 5.74) is 1.74. The van der Waals surface area contributed by atoms with Gasteiger partial charge >= 0.3 is 5.97 Å². The number of aromatic nitrogens is 4. The number of aliphatic carboxylic acids is 1. The van der Waals surface area contributed by atoms with Crippen LogP contribution in [0.2, 0.25) is 0 Å². The third-order valence-electron chi connectivity index (χ3n) is 3.68. The number of para-hydroxylation sites is 2. The SMILES string of the molecule is CC(C)CC(NC(=O)CSc1n[nH]c2nc3ccccc3n12)C(=O)O. The molecule has 1 atom stereocenters. The summed E-state index contributed by atoms with van der Waals surface area (Å²) < 4.78 is 1.84. The minimum Gasteiger partial charge on any atom is -0.480 e. The number of imidazole rings is 1. The molecule has 8 nitrogen and oxygen atoms in total. The van der Waals surface area contributed by atoms with Gasteiger partial charge in [-0.3, -0.25) is 9.20 Å². The van der Waals surface area contributed by atoms with Gasteiger partial charge in [0.05, 0.1) is 16.8 Å². The van der Waals surface area contributed by atoms with Gasteiger partial charge in [0.15, 0.2) is 5.16 Å². The van der Waals surface area contributed by atoms with Crippen LogP contribution in [0.4, 0.5) is 0 Å². The highest BCUT2D eigenvalue weighted by atomic mass is 32.2. The molecule has 2 aromatic heterocycles. The second-order valence-electron chi connectivity index (χ2n) is 6.14. The molecule has 0 aliphatic carbocycles. The molecule has 9 heteroatoms. The van der Waals surface area contributed by atoms with E-state index in [1.54, 1.807) is 0 Å². The lowest BCUT2D eigenvalue weighted by atomic mass is 10.0. The van der Waals surface area contributed by atoms with Gasteiger partial charge in [-0.15, -0.1) is 5.10 Å². The van der Waals surface area contributed by atoms with Crippen molar-refractivity contribution in [3.8, 4) is 0 Å². The van der Waals surface area contributed by atoms with Gasteiger partial charge in [-0.05, 0) is 24.5 Å². The van der Waals surface area contributed by atoms with Gasteiger partial charge in [-0.25, -0.2) is 14.9 Å². The number of carbonyl (C=O) groups excluding carboxylic acids is 1. The Labute approximate surface area is 148 Å². The molecule has 0 fully saturated rings. The number of hydrogen-bond acceptors (Lipinski definition) is 5. The quantitative estimate of drug-likeness (QED) is 0.554. The fourth-order valence-corrected chi connectivity index (χ4v) is 3.37. The number of carbonyl (C=O) groups is 2. The summed E-state index contributed by atoms with van der Waals surface area (Å²) in [7, 11) is 0. The zero-order chi connectivity index (χ0) is 18.0. The van der Waals surface area contributed by atoms with Gasteiger partial charge in [0.2, 0.25) is 11.7 Å². The van der Waals surface area contributed by atoms with Crippen LogP contribution < -0.4 is 5.32 Å². The number of rotatable bonds is 7. The Morgan fingerprint density at radius 2 is 2.12 bits per heavy atom. The van der Waals surface area contributed by atoms with Crippen molar-refractivity contribution in [1.29, 1.82) is 0 Å². The summed E-state index contributed by atoms with van der Waals surface area (Å²) >= 11 is 1.23. The number of benzene rings is 1. The smallest absolute Gasteiger partial charge is 0.326 e. The van der Waals surface area contributed by atoms with Gasteiger partial charge in [0.25, 0.3) is 0 Å². The number of H-pyrrole nitrogens is 1. The summed E-state index contributed by atoms with van der Waals surface area (Å²) in [6.07, 6.45) is 0.393. The number of carboxylic acid groups (broad SMARTS) is 1. The summed E-state index contributed by atoms with van der Waals surface area (Å²) in [6.45, 7) is 3.84. The minimum atomic E-state index is -1.02. The second-order valence-corrected chi connectivity index (χ2v) is 7.08. The molecule has 0 radical (unpaired) electrons. The molecule has 25 heavy (non-hydrogen) atoms. The first-order valence-corrected chi connectivity index (χ1v) is 8.90. The highest BCUT2D eigenvalue weighted by Gasteiger charge is 2.21. The maximum atomic E-state index is 12.1. The topological polar surface area (TPSA) is 112 Å². The third kappa shape index (κ3) is 3.76. The Hall–Kier alpha value is -2.55. The average Bonchev–Trinajstić information content (AvgIpc) is 3.11. The van der Waals surface area contributed by atoms with Crippen molar-refractivity contribution in [3.05, 3.63) is 24.3 Å². The van der Waals surface area contributed by atoms with Crippen LogP contribution in [-0.4, -0.2) is 48.4 Å². The predicted octanol–water partition coefficient (Wildman–Crippen LogP) is 1.92. The molecule has 0 aliphatic heterocycles. The van der Waals surface area contributed by atoms with Gasteiger partial charge in [0.1, 0.15) is 6.04 Å². The van der Waals surface area contributed by atoms with E-state index >= 15 is 0 Å². The standard InChI is InChI=1S/C16H19N5O3S/c1-9(2)7-11(14(23)24)17-13(22)8-25-16-20-19-15-18-10-5-3-4-6-12(10)21(15)16/h3-6,9,11H,7-8H2,1-2H3,(H,17,22)(H,18,19)(H,23,24). The molecule has 0 spiro atoms. The van der Waals surface area contributed by atoms with E-state index in [1.165, 1.54) is 11.8 Å². The Balaban J connectivity index is 1.70. The van der Waals surface area contributed by atoms with Crippen molar-refractivity contribution in [2.24, 2.45) is 5.92 Å². The number of nitrogens with one attached hydrogen (secondary N) is 2. The summed E-state index contributed by atoms with van der Waals surface area (Å²) in [5.74, 6) is -0.493. The molecule has 3 N–H and O–H groups in total. The van der Waals surface area contributed by atoms with E-state index in [0.717, 1.165) is 11.0 Å². The van der Waals surface area contributed by atoms with Crippen molar-refractivity contribution in [1.82, 2.24) is 24.9 Å². The van der Waals surface area contributed by atoms with Crippen LogP contribution in [0, 0.1) is 5.92 Å². The van der Waals surface area contributed by atoms with Gasteiger partial charge in [0, 0.05) is 0 Å². The summed E-state index contributed by atoms with van der Waals surface area (Å²) in [4.78, 5) is 27.8. The van der Waals surface area contributed by atoms with Crippen LogP contribution in [0.25, 0.3) is 16.8 Å². The third-order valence-corrected chi connectivity index (χ3v) is 4.61. The van der Waals surface area contributed by atoms with E-state index in [4.69, 9.17) is 0 Å². The molecule has 3 aromatic rings. The van der Waals surface area contributed by atoms with Crippen LogP contribution in [0.1, 0.15) is 20.3 Å². The lowest BCUT2D eigenvalue weighted by Gasteiger charge is -2.16. The normalized spacial score (nSPS) is 12.8. The molecule has 1 unspecified atom stereocenters. The maximum Gasteiger partial charge on any atom is 0.326 e. The van der Waals surface area contributed by atoms with E-state index in [9.17, 15) is 14.7 Å². The average molecular weight is 361 g/mol. The molecular formula is C16H19N5O3S. The summed E-state index contributed by atoms with van der Waals surface area (Å²) in [5, 5.41) is 19.4. The zero-order valence-corrected chi connectivity index (χ0v) is 14.7. The number of carboxylic acids is 1. The molecule has 0 saturated heterocycles.